The van der Waals surface area contributed by atoms with Gasteiger partial charge in [0.1, 0.15) is 11.5 Å². The molecule has 0 saturated carbocycles. The topological polar surface area (TPSA) is 72.8 Å². The van der Waals surface area contributed by atoms with Crippen molar-refractivity contribution < 1.29 is 24.2 Å². The van der Waals surface area contributed by atoms with Gasteiger partial charge in [0.05, 0.1) is 19.3 Å². The van der Waals surface area contributed by atoms with Crippen LogP contribution in [0.1, 0.15) is 53.2 Å². The minimum Gasteiger partial charge on any atom is -0.496 e. The third-order valence-corrected chi connectivity index (χ3v) is 7.15. The van der Waals surface area contributed by atoms with Gasteiger partial charge in [0, 0.05) is 26.5 Å². The molecule has 0 heterocycles. The molecule has 0 spiro atoms. The predicted molar refractivity (Wildman–Crippen MR) is 118 cm³/mol. The molecule has 0 fully saturated rings. The van der Waals surface area contributed by atoms with Gasteiger partial charge >= 0.3 is 5.97 Å². The standard InChI is InChI=1S/C23H34O5Si/c1-15(8-12-20(25)26)7-9-18-22(27-3)16(2)17-10-11-19(24)21(17)23(18)28-13-14-29(4,5)6/h7H,8-14H2,1-6H3,(H,25,26)/b15-7+. The Hall–Kier alpha value is -2.08. The molecule has 1 aromatic rings. The number of rotatable bonds is 10. The molecule has 0 saturated heterocycles. The van der Waals surface area contributed by atoms with Gasteiger partial charge in [0.2, 0.25) is 0 Å². The third-order valence-electron chi connectivity index (χ3n) is 5.44. The van der Waals surface area contributed by atoms with Crippen molar-refractivity contribution in [1.29, 1.82) is 0 Å². The zero-order valence-electron chi connectivity index (χ0n) is 18.6. The zero-order valence-corrected chi connectivity index (χ0v) is 19.6. The van der Waals surface area contributed by atoms with Crippen molar-refractivity contribution in [2.24, 2.45) is 0 Å². The molecule has 6 heteroatoms. The maximum absolute atomic E-state index is 12.7. The van der Waals surface area contributed by atoms with Crippen molar-refractivity contribution in [3.63, 3.8) is 0 Å². The van der Waals surface area contributed by atoms with Crippen molar-refractivity contribution in [1.82, 2.24) is 0 Å². The average molecular weight is 419 g/mol. The lowest BCUT2D eigenvalue weighted by atomic mass is 9.94. The quantitative estimate of drug-likeness (QED) is 0.417. The zero-order chi connectivity index (χ0) is 21.8. The van der Waals surface area contributed by atoms with Gasteiger partial charge in [-0.25, -0.2) is 0 Å². The van der Waals surface area contributed by atoms with Crippen molar-refractivity contribution in [2.75, 3.05) is 13.7 Å². The number of ketones is 1. The van der Waals surface area contributed by atoms with Gasteiger partial charge in [-0.2, -0.15) is 0 Å². The summed E-state index contributed by atoms with van der Waals surface area (Å²) in [5.74, 6) is 0.792. The van der Waals surface area contributed by atoms with Gasteiger partial charge in [0.25, 0.3) is 0 Å². The molecule has 0 radical (unpaired) electrons. The van der Waals surface area contributed by atoms with Gasteiger partial charge in [-0.05, 0) is 50.3 Å². The van der Waals surface area contributed by atoms with Crippen LogP contribution in [0.5, 0.6) is 11.5 Å². The summed E-state index contributed by atoms with van der Waals surface area (Å²) in [4.78, 5) is 23.5. The molecule has 0 atom stereocenters. The minimum atomic E-state index is -1.27. The predicted octanol–water partition coefficient (Wildman–Crippen LogP) is 5.20. The summed E-state index contributed by atoms with van der Waals surface area (Å²) in [6.07, 6.45) is 4.44. The van der Waals surface area contributed by atoms with Gasteiger partial charge in [-0.3, -0.25) is 9.59 Å². The van der Waals surface area contributed by atoms with Crippen LogP contribution < -0.4 is 9.47 Å². The molecule has 0 amide bonds. The van der Waals surface area contributed by atoms with Crippen LogP contribution in [0.25, 0.3) is 0 Å². The molecular formula is C23H34O5Si. The fourth-order valence-corrected chi connectivity index (χ4v) is 4.39. The third kappa shape index (κ3) is 5.95. The van der Waals surface area contributed by atoms with Crippen LogP contribution in [0.4, 0.5) is 0 Å². The first-order valence-corrected chi connectivity index (χ1v) is 14.0. The summed E-state index contributed by atoms with van der Waals surface area (Å²) >= 11 is 0. The minimum absolute atomic E-state index is 0.112. The number of allylic oxidation sites excluding steroid dienone is 2. The first kappa shape index (κ1) is 23.2. The lowest BCUT2D eigenvalue weighted by Gasteiger charge is -2.22. The molecule has 1 aliphatic carbocycles. The Morgan fingerprint density at radius 1 is 1.17 bits per heavy atom. The van der Waals surface area contributed by atoms with E-state index in [1.807, 2.05) is 19.9 Å². The van der Waals surface area contributed by atoms with E-state index < -0.39 is 14.0 Å². The molecule has 0 unspecified atom stereocenters. The van der Waals surface area contributed by atoms with Crippen LogP contribution in [0.15, 0.2) is 11.6 Å². The molecule has 0 aromatic heterocycles. The number of ether oxygens (including phenoxy) is 2. The summed E-state index contributed by atoms with van der Waals surface area (Å²) in [6.45, 7) is 11.4. The number of benzene rings is 1. The summed E-state index contributed by atoms with van der Waals surface area (Å²) < 4.78 is 12.0. The van der Waals surface area contributed by atoms with E-state index in [9.17, 15) is 9.59 Å². The number of aliphatic carboxylic acids is 1. The number of hydrogen-bond acceptors (Lipinski definition) is 4. The SMILES string of the molecule is COc1c(C)c2c(c(OCC[Si](C)(C)C)c1C/C=C(\C)CCC(=O)O)C(=O)CC2. The molecule has 0 bridgehead atoms. The Labute approximate surface area is 175 Å². The van der Waals surface area contributed by atoms with Gasteiger partial charge in [-0.1, -0.05) is 31.3 Å². The summed E-state index contributed by atoms with van der Waals surface area (Å²) in [5, 5.41) is 8.91. The summed E-state index contributed by atoms with van der Waals surface area (Å²) in [6, 6.07) is 1.01. The van der Waals surface area contributed by atoms with E-state index in [0.29, 0.717) is 31.6 Å². The smallest absolute Gasteiger partial charge is 0.303 e. The van der Waals surface area contributed by atoms with Crippen LogP contribution >= 0.6 is 0 Å². The van der Waals surface area contributed by atoms with Crippen LogP contribution in [0.3, 0.4) is 0 Å². The second-order valence-electron chi connectivity index (χ2n) is 9.05. The lowest BCUT2D eigenvalue weighted by Crippen LogP contribution is -2.23. The number of carbonyl (C=O) groups is 2. The Morgan fingerprint density at radius 3 is 2.45 bits per heavy atom. The molecule has 160 valence electrons. The number of fused-ring (bicyclic) bond motifs is 1. The van der Waals surface area contributed by atoms with E-state index in [1.165, 1.54) is 0 Å². The second-order valence-corrected chi connectivity index (χ2v) is 14.7. The Bertz CT molecular complexity index is 818. The van der Waals surface area contributed by atoms with Crippen LogP contribution in [-0.2, 0) is 17.6 Å². The molecule has 5 nitrogen and oxygen atoms in total. The number of carboxylic acid groups (broad SMARTS) is 1. The van der Waals surface area contributed by atoms with E-state index in [-0.39, 0.29) is 12.2 Å². The molecule has 1 aliphatic rings. The first-order valence-electron chi connectivity index (χ1n) is 10.3. The summed E-state index contributed by atoms with van der Waals surface area (Å²) in [7, 11) is 0.384. The monoisotopic (exact) mass is 418 g/mol. The number of methoxy groups -OCH3 is 1. The van der Waals surface area contributed by atoms with Crippen LogP contribution in [0, 0.1) is 6.92 Å². The van der Waals surface area contributed by atoms with Crippen molar-refractivity contribution >= 4 is 19.8 Å². The highest BCUT2D eigenvalue weighted by Gasteiger charge is 2.31. The average Bonchev–Trinajstić information content (AvgIpc) is 3.01. The molecular weight excluding hydrogens is 384 g/mol. The first-order chi connectivity index (χ1) is 13.5. The van der Waals surface area contributed by atoms with Gasteiger partial charge in [-0.15, -0.1) is 0 Å². The molecule has 0 aliphatic heterocycles. The highest BCUT2D eigenvalue weighted by Crippen LogP contribution is 2.43. The maximum atomic E-state index is 12.7. The maximum Gasteiger partial charge on any atom is 0.303 e. The Balaban J connectivity index is 2.44. The van der Waals surface area contributed by atoms with Crippen molar-refractivity contribution in [2.45, 2.75) is 71.6 Å². The number of carbonyl (C=O) groups excluding carboxylic acids is 1. The highest BCUT2D eigenvalue weighted by atomic mass is 28.3. The van der Waals surface area contributed by atoms with E-state index in [1.54, 1.807) is 7.11 Å². The van der Waals surface area contributed by atoms with E-state index >= 15 is 0 Å². The number of Topliss-reactive ketones (excluding diaryl/α,β-unsaturated/α-hetero) is 1. The van der Waals surface area contributed by atoms with Gasteiger partial charge in [0.15, 0.2) is 5.78 Å². The fourth-order valence-electron chi connectivity index (χ4n) is 3.68. The van der Waals surface area contributed by atoms with E-state index in [4.69, 9.17) is 14.6 Å². The van der Waals surface area contributed by atoms with Crippen LogP contribution in [-0.4, -0.2) is 38.6 Å². The summed E-state index contributed by atoms with van der Waals surface area (Å²) in [5.41, 5.74) is 4.68. The molecule has 2 rings (SSSR count). The van der Waals surface area contributed by atoms with E-state index in [2.05, 4.69) is 19.6 Å². The second kappa shape index (κ2) is 9.61. The fraction of sp³-hybridized carbons (Fsp3) is 0.565. The largest absolute Gasteiger partial charge is 0.496 e. The van der Waals surface area contributed by atoms with Crippen molar-refractivity contribution in [3.8, 4) is 11.5 Å². The van der Waals surface area contributed by atoms with Crippen LogP contribution in [0.2, 0.25) is 25.7 Å². The lowest BCUT2D eigenvalue weighted by molar-refractivity contribution is -0.136. The molecule has 29 heavy (non-hydrogen) atoms. The number of hydrogen-bond donors (Lipinski definition) is 1. The van der Waals surface area contributed by atoms with Crippen molar-refractivity contribution in [3.05, 3.63) is 33.9 Å². The Morgan fingerprint density at radius 2 is 1.86 bits per heavy atom. The normalized spacial score (nSPS) is 14.1. The Kier molecular flexibility index (Phi) is 7.69. The molecule has 1 N–H and O–H groups in total. The molecule has 1 aromatic carbocycles. The van der Waals surface area contributed by atoms with Gasteiger partial charge < -0.3 is 14.6 Å². The highest BCUT2D eigenvalue weighted by molar-refractivity contribution is 6.76. The number of carboxylic acids is 1. The van der Waals surface area contributed by atoms with E-state index in [0.717, 1.165) is 46.0 Å².